The minimum Gasteiger partial charge on any atom is -0.545 e. The van der Waals surface area contributed by atoms with Crippen LogP contribution in [0, 0.1) is 0 Å². The van der Waals surface area contributed by atoms with Gasteiger partial charge in [0.05, 0.1) is 5.97 Å². The Bertz CT molecular complexity index is 208. The lowest BCUT2D eigenvalue weighted by Gasteiger charge is -1.97. The molecule has 0 saturated heterocycles. The first-order chi connectivity index (χ1) is 4.30. The first-order valence-electron chi connectivity index (χ1n) is 2.57. The third-order valence-corrected chi connectivity index (χ3v) is 1.01. The van der Waals surface area contributed by atoms with Gasteiger partial charge in [0.25, 0.3) is 0 Å². The van der Waals surface area contributed by atoms with Crippen molar-refractivity contribution >= 4 is 5.97 Å². The number of carbonyl (C=O) groups is 1. The highest BCUT2D eigenvalue weighted by atomic mass is 127. The number of carboxylic acids is 1. The van der Waals surface area contributed by atoms with E-state index in [4.69, 9.17) is 0 Å². The molecule has 0 aliphatic heterocycles. The van der Waals surface area contributed by atoms with Gasteiger partial charge in [-0.25, -0.2) is 0 Å². The van der Waals surface area contributed by atoms with Crippen LogP contribution in [0.25, 0.3) is 0 Å². The van der Waals surface area contributed by atoms with Gasteiger partial charge >= 0.3 is 0 Å². The Morgan fingerprint density at radius 2 is 1.70 bits per heavy atom. The molecule has 0 spiro atoms. The predicted molar refractivity (Wildman–Crippen MR) is 33.6 cm³/mol. The molecule has 10 heavy (non-hydrogen) atoms. The number of aromatic carboxylic acids is 1. The largest absolute Gasteiger partial charge is 0.545 e. The second-order valence-electron chi connectivity index (χ2n) is 1.65. The normalized spacial score (nSPS) is 8.00. The molecule has 1 aromatic rings. The fourth-order valence-corrected chi connectivity index (χ4v) is 0.574. The molecule has 2 nitrogen and oxygen atoms in total. The summed E-state index contributed by atoms with van der Waals surface area (Å²) in [5.41, 5.74) is 0.220. The first kappa shape index (κ1) is 9.42. The maximum absolute atomic E-state index is 10.1. The summed E-state index contributed by atoms with van der Waals surface area (Å²) in [4.78, 5) is 10.1. The van der Waals surface area contributed by atoms with Crippen LogP contribution in [0.15, 0.2) is 30.3 Å². The van der Waals surface area contributed by atoms with Crippen molar-refractivity contribution in [2.24, 2.45) is 0 Å². The molecule has 0 radical (unpaired) electrons. The van der Waals surface area contributed by atoms with Crippen LogP contribution in [0.3, 0.4) is 0 Å². The molecule has 0 aliphatic carbocycles. The summed E-state index contributed by atoms with van der Waals surface area (Å²) in [6, 6.07) is 8.06. The van der Waals surface area contributed by atoms with Crippen molar-refractivity contribution in [2.45, 2.75) is 0 Å². The van der Waals surface area contributed by atoms with Gasteiger partial charge in [-0.15, -0.1) is 0 Å². The number of carboxylic acid groups (broad SMARTS) is 1. The molecule has 0 atom stereocenters. The van der Waals surface area contributed by atoms with Gasteiger partial charge in [0, 0.05) is 0 Å². The smallest absolute Gasteiger partial charge is 0.235 e. The van der Waals surface area contributed by atoms with Gasteiger partial charge in [-0.1, -0.05) is 30.3 Å². The second-order valence-corrected chi connectivity index (χ2v) is 1.65. The van der Waals surface area contributed by atoms with Gasteiger partial charge in [0.1, 0.15) is 0 Å². The fraction of sp³-hybridized carbons (Fsp3) is 0. The molecule has 0 bridgehead atoms. The molecule has 0 amide bonds. The van der Waals surface area contributed by atoms with Gasteiger partial charge in [0.15, 0.2) is 0 Å². The SMILES string of the molecule is O=C([O-])c1ccccc1.[IH2+]. The highest BCUT2D eigenvalue weighted by molar-refractivity contribution is 5.85. The highest BCUT2D eigenvalue weighted by Gasteiger charge is 1.85. The van der Waals surface area contributed by atoms with Crippen molar-refractivity contribution in [1.82, 2.24) is 0 Å². The summed E-state index contributed by atoms with van der Waals surface area (Å²) in [6.07, 6.45) is 0. The van der Waals surface area contributed by atoms with Crippen molar-refractivity contribution in [2.75, 3.05) is 0 Å². The standard InChI is InChI=1S/C7H6O2.H2I/c8-7(9)6-4-2-1-3-5-6;/h1-5H,(H,8,9);1H2/q;+1/p-1. The molecule has 0 N–H and O–H groups in total. The van der Waals surface area contributed by atoms with Crippen LogP contribution in [0.5, 0.6) is 0 Å². The van der Waals surface area contributed by atoms with Gasteiger partial charge in [-0.2, -0.15) is 0 Å². The molecule has 0 saturated carbocycles. The van der Waals surface area contributed by atoms with E-state index in [1.165, 1.54) is 12.1 Å². The Morgan fingerprint density at radius 3 is 2.00 bits per heavy atom. The highest BCUT2D eigenvalue weighted by Crippen LogP contribution is 1.94. The third kappa shape index (κ3) is 2.34. The summed E-state index contributed by atoms with van der Waals surface area (Å²) in [7, 11) is 0. The minimum absolute atomic E-state index is 0. The molecule has 1 rings (SSSR count). The molecule has 0 aliphatic rings. The van der Waals surface area contributed by atoms with E-state index in [0.717, 1.165) is 0 Å². The van der Waals surface area contributed by atoms with E-state index < -0.39 is 5.97 Å². The van der Waals surface area contributed by atoms with E-state index in [0.29, 0.717) is 0 Å². The number of carbonyl (C=O) groups excluding carboxylic acids is 1. The number of benzene rings is 1. The Kier molecular flexibility index (Phi) is 4.02. The van der Waals surface area contributed by atoms with Crippen LogP contribution in [0.2, 0.25) is 0 Å². The molecule has 0 unspecified atom stereocenters. The lowest BCUT2D eigenvalue weighted by Crippen LogP contribution is -3.00. The van der Waals surface area contributed by atoms with Crippen molar-refractivity contribution in [3.63, 3.8) is 0 Å². The number of halogens is 1. The Balaban J connectivity index is 0.000000810. The van der Waals surface area contributed by atoms with E-state index in [1.54, 1.807) is 18.2 Å². The van der Waals surface area contributed by atoms with Gasteiger partial charge < -0.3 is 9.90 Å². The summed E-state index contributed by atoms with van der Waals surface area (Å²) in [5.74, 6) is -1.13. The minimum atomic E-state index is -1.13. The van der Waals surface area contributed by atoms with Crippen molar-refractivity contribution in [3.05, 3.63) is 35.9 Å². The molecule has 3 heteroatoms. The quantitative estimate of drug-likeness (QED) is 0.486. The molecule has 0 fully saturated rings. The number of hydrogen-bond acceptors (Lipinski definition) is 2. The van der Waals surface area contributed by atoms with Crippen LogP contribution in [0.1, 0.15) is 10.4 Å². The lowest BCUT2D eigenvalue weighted by atomic mass is 10.2. The molecular weight excluding hydrogens is 243 g/mol. The average molecular weight is 250 g/mol. The average Bonchev–Trinajstić information content (AvgIpc) is 1.90. The maximum Gasteiger partial charge on any atom is 0.235 e. The van der Waals surface area contributed by atoms with Crippen LogP contribution in [-0.2, 0) is 0 Å². The predicted octanol–water partition coefficient (Wildman–Crippen LogP) is -3.48. The fourth-order valence-electron chi connectivity index (χ4n) is 0.574. The van der Waals surface area contributed by atoms with Crippen LogP contribution >= 0.6 is 0 Å². The summed E-state index contributed by atoms with van der Waals surface area (Å²) >= 11 is 0. The van der Waals surface area contributed by atoms with Crippen LogP contribution < -0.4 is 29.1 Å². The van der Waals surface area contributed by atoms with E-state index in [-0.39, 0.29) is 29.5 Å². The summed E-state index contributed by atoms with van der Waals surface area (Å²) < 4.78 is 0. The van der Waals surface area contributed by atoms with Gasteiger partial charge in [0.2, 0.25) is 24.0 Å². The molecule has 0 aromatic heterocycles. The Morgan fingerprint density at radius 1 is 1.20 bits per heavy atom. The van der Waals surface area contributed by atoms with Crippen molar-refractivity contribution in [3.8, 4) is 0 Å². The van der Waals surface area contributed by atoms with Crippen molar-refractivity contribution < 1.29 is 33.9 Å². The topological polar surface area (TPSA) is 40.1 Å². The van der Waals surface area contributed by atoms with Gasteiger partial charge in [-0.05, 0) is 5.56 Å². The number of rotatable bonds is 1. The van der Waals surface area contributed by atoms with Crippen molar-refractivity contribution in [1.29, 1.82) is 0 Å². The Labute approximate surface area is 75.9 Å². The van der Waals surface area contributed by atoms with E-state index in [2.05, 4.69) is 0 Å². The van der Waals surface area contributed by atoms with E-state index >= 15 is 0 Å². The van der Waals surface area contributed by atoms with Crippen LogP contribution in [-0.4, -0.2) is 5.97 Å². The van der Waals surface area contributed by atoms with E-state index in [1.807, 2.05) is 0 Å². The monoisotopic (exact) mass is 250 g/mol. The van der Waals surface area contributed by atoms with Gasteiger partial charge in [-0.3, -0.25) is 0 Å². The first-order valence-corrected chi connectivity index (χ1v) is 2.57. The molecule has 1 aromatic carbocycles. The summed E-state index contributed by atoms with van der Waals surface area (Å²) in [5, 5.41) is 10.1. The zero-order valence-electron chi connectivity index (χ0n) is 5.15. The van der Waals surface area contributed by atoms with Crippen LogP contribution in [0.4, 0.5) is 0 Å². The third-order valence-electron chi connectivity index (χ3n) is 1.01. The molecule has 54 valence electrons. The number of hydrogen-bond donors (Lipinski definition) is 0. The maximum atomic E-state index is 10.1. The van der Waals surface area contributed by atoms with E-state index in [9.17, 15) is 9.90 Å². The zero-order valence-corrected chi connectivity index (χ0v) is 7.70. The second kappa shape index (κ2) is 4.27. The Hall–Kier alpha value is -0.580. The zero-order chi connectivity index (χ0) is 6.69. The lowest BCUT2D eigenvalue weighted by molar-refractivity contribution is -0.255. The molecular formula is C7H7IO2. The summed E-state index contributed by atoms with van der Waals surface area (Å²) in [6.45, 7) is 0. The molecule has 0 heterocycles.